The molecule has 2 N–H and O–H groups in total. The third kappa shape index (κ3) is 4.71. The molecule has 0 fully saturated rings. The maximum absolute atomic E-state index is 11.5. The summed E-state index contributed by atoms with van der Waals surface area (Å²) in [5, 5.41) is 7.49. The van der Waals surface area contributed by atoms with Crippen molar-refractivity contribution in [3.8, 4) is 0 Å². The van der Waals surface area contributed by atoms with Gasteiger partial charge in [0.2, 0.25) is 5.95 Å². The molecule has 2 aromatic carbocycles. The highest BCUT2D eigenvalue weighted by Gasteiger charge is 2.09. The van der Waals surface area contributed by atoms with Gasteiger partial charge in [-0.05, 0) is 42.8 Å². The van der Waals surface area contributed by atoms with Gasteiger partial charge in [-0.1, -0.05) is 12.1 Å². The van der Waals surface area contributed by atoms with Gasteiger partial charge >= 0.3 is 5.97 Å². The molecule has 1 aromatic heterocycles. The van der Waals surface area contributed by atoms with Gasteiger partial charge in [0.1, 0.15) is 5.82 Å². The Kier molecular flexibility index (Phi) is 6.17. The van der Waals surface area contributed by atoms with Crippen molar-refractivity contribution in [2.75, 3.05) is 38.0 Å². The van der Waals surface area contributed by atoms with Crippen LogP contribution in [0.1, 0.15) is 16.8 Å². The van der Waals surface area contributed by atoms with Crippen molar-refractivity contribution in [2.24, 2.45) is 0 Å². The van der Waals surface area contributed by atoms with Crippen molar-refractivity contribution < 1.29 is 14.3 Å². The molecule has 0 bridgehead atoms. The van der Waals surface area contributed by atoms with Crippen molar-refractivity contribution in [3.05, 3.63) is 54.1 Å². The molecule has 0 saturated carbocycles. The Labute approximate surface area is 157 Å². The third-order valence-electron chi connectivity index (χ3n) is 3.98. The van der Waals surface area contributed by atoms with Gasteiger partial charge < -0.3 is 20.1 Å². The highest BCUT2D eigenvalue weighted by Crippen LogP contribution is 2.23. The molecule has 3 rings (SSSR count). The topological polar surface area (TPSA) is 85.4 Å². The maximum atomic E-state index is 11.5. The van der Waals surface area contributed by atoms with E-state index in [1.54, 1.807) is 31.4 Å². The Morgan fingerprint density at radius 2 is 1.81 bits per heavy atom. The smallest absolute Gasteiger partial charge is 0.337 e. The van der Waals surface area contributed by atoms with Crippen molar-refractivity contribution in [1.29, 1.82) is 0 Å². The van der Waals surface area contributed by atoms with Gasteiger partial charge in [0.05, 0.1) is 18.2 Å². The Morgan fingerprint density at radius 3 is 2.56 bits per heavy atom. The van der Waals surface area contributed by atoms with E-state index in [0.29, 0.717) is 18.1 Å². The molecule has 1 heterocycles. The van der Waals surface area contributed by atoms with Crippen LogP contribution in [0.2, 0.25) is 0 Å². The average molecular weight is 366 g/mol. The minimum Gasteiger partial charge on any atom is -0.465 e. The van der Waals surface area contributed by atoms with Crippen LogP contribution in [0.25, 0.3) is 10.9 Å². The summed E-state index contributed by atoms with van der Waals surface area (Å²) in [7, 11) is 3.05. The molecule has 0 radical (unpaired) electrons. The summed E-state index contributed by atoms with van der Waals surface area (Å²) in [6, 6.07) is 14.8. The van der Waals surface area contributed by atoms with E-state index in [9.17, 15) is 4.79 Å². The lowest BCUT2D eigenvalue weighted by Crippen LogP contribution is -2.08. The summed E-state index contributed by atoms with van der Waals surface area (Å²) in [4.78, 5) is 20.7. The van der Waals surface area contributed by atoms with Crippen molar-refractivity contribution in [1.82, 2.24) is 9.97 Å². The third-order valence-corrected chi connectivity index (χ3v) is 3.98. The van der Waals surface area contributed by atoms with Crippen LogP contribution < -0.4 is 10.6 Å². The summed E-state index contributed by atoms with van der Waals surface area (Å²) >= 11 is 0. The molecule has 0 aliphatic heterocycles. The van der Waals surface area contributed by atoms with Crippen LogP contribution in [-0.2, 0) is 9.47 Å². The lowest BCUT2D eigenvalue weighted by Gasteiger charge is -2.12. The van der Waals surface area contributed by atoms with E-state index in [2.05, 4.69) is 20.6 Å². The first-order valence-electron chi connectivity index (χ1n) is 8.66. The SMILES string of the molecule is COCCCNc1nc(Nc2ccc(C(=O)OC)cc2)nc2ccccc12. The normalized spacial score (nSPS) is 10.6. The Hall–Kier alpha value is -3.19. The summed E-state index contributed by atoms with van der Waals surface area (Å²) < 4.78 is 9.80. The number of ether oxygens (including phenoxy) is 2. The number of hydrogen-bond donors (Lipinski definition) is 2. The van der Waals surface area contributed by atoms with Crippen LogP contribution in [0, 0.1) is 0 Å². The summed E-state index contributed by atoms with van der Waals surface area (Å²) in [5.41, 5.74) is 2.11. The molecule has 27 heavy (non-hydrogen) atoms. The predicted octanol–water partition coefficient (Wildman–Crippen LogP) is 3.61. The maximum Gasteiger partial charge on any atom is 0.337 e. The second kappa shape index (κ2) is 8.95. The molecular formula is C20H22N4O3. The predicted molar refractivity (Wildman–Crippen MR) is 106 cm³/mol. The minimum absolute atomic E-state index is 0.369. The van der Waals surface area contributed by atoms with Gasteiger partial charge in [0.25, 0.3) is 0 Å². The molecule has 0 aliphatic rings. The molecule has 0 saturated heterocycles. The Morgan fingerprint density at radius 1 is 1.04 bits per heavy atom. The zero-order chi connectivity index (χ0) is 19.1. The van der Waals surface area contributed by atoms with Gasteiger partial charge in [0, 0.05) is 31.3 Å². The Balaban J connectivity index is 1.82. The van der Waals surface area contributed by atoms with E-state index in [4.69, 9.17) is 9.47 Å². The molecule has 7 nitrogen and oxygen atoms in total. The first kappa shape index (κ1) is 18.6. The molecule has 0 unspecified atom stereocenters. The fourth-order valence-electron chi connectivity index (χ4n) is 2.63. The largest absolute Gasteiger partial charge is 0.465 e. The molecule has 0 atom stereocenters. The number of benzene rings is 2. The molecular weight excluding hydrogens is 344 g/mol. The molecule has 7 heteroatoms. The van der Waals surface area contributed by atoms with Crippen LogP contribution in [0.4, 0.5) is 17.5 Å². The number of esters is 1. The van der Waals surface area contributed by atoms with Crippen LogP contribution in [0.5, 0.6) is 0 Å². The number of methoxy groups -OCH3 is 2. The number of nitrogens with zero attached hydrogens (tertiary/aromatic N) is 2. The first-order valence-corrected chi connectivity index (χ1v) is 8.66. The van der Waals surface area contributed by atoms with Crippen molar-refractivity contribution in [2.45, 2.75) is 6.42 Å². The fourth-order valence-corrected chi connectivity index (χ4v) is 2.63. The number of fused-ring (bicyclic) bond motifs is 1. The number of aromatic nitrogens is 2. The standard InChI is InChI=1S/C20H22N4O3/c1-26-13-5-12-21-18-16-6-3-4-7-17(16)23-20(24-18)22-15-10-8-14(9-11-15)19(25)27-2/h3-4,6-11H,5,12-13H2,1-2H3,(H2,21,22,23,24). The van der Waals surface area contributed by atoms with E-state index in [-0.39, 0.29) is 5.97 Å². The van der Waals surface area contributed by atoms with E-state index in [1.165, 1.54) is 7.11 Å². The van der Waals surface area contributed by atoms with Crippen molar-refractivity contribution >= 4 is 34.3 Å². The zero-order valence-electron chi connectivity index (χ0n) is 15.4. The number of hydrogen-bond acceptors (Lipinski definition) is 7. The van der Waals surface area contributed by atoms with E-state index in [0.717, 1.165) is 35.4 Å². The fraction of sp³-hybridized carbons (Fsp3) is 0.250. The zero-order valence-corrected chi connectivity index (χ0v) is 15.4. The molecule has 140 valence electrons. The van der Waals surface area contributed by atoms with Gasteiger partial charge in [-0.25, -0.2) is 9.78 Å². The summed E-state index contributed by atoms with van der Waals surface area (Å²) in [5.74, 6) is 0.880. The lowest BCUT2D eigenvalue weighted by molar-refractivity contribution is 0.0601. The van der Waals surface area contributed by atoms with Gasteiger partial charge in [-0.2, -0.15) is 4.98 Å². The number of rotatable bonds is 8. The number of nitrogens with one attached hydrogen (secondary N) is 2. The monoisotopic (exact) mass is 366 g/mol. The second-order valence-electron chi connectivity index (χ2n) is 5.88. The number of carbonyl (C=O) groups is 1. The number of anilines is 3. The van der Waals surface area contributed by atoms with Gasteiger partial charge in [-0.3, -0.25) is 0 Å². The molecule has 3 aromatic rings. The lowest BCUT2D eigenvalue weighted by atomic mass is 10.2. The number of carbonyl (C=O) groups excluding carboxylic acids is 1. The molecule has 0 aliphatic carbocycles. The van der Waals surface area contributed by atoms with Crippen LogP contribution in [-0.4, -0.2) is 43.3 Å². The quantitative estimate of drug-likeness (QED) is 0.465. The van der Waals surface area contributed by atoms with Crippen LogP contribution in [0.15, 0.2) is 48.5 Å². The van der Waals surface area contributed by atoms with E-state index in [1.807, 2.05) is 24.3 Å². The molecule has 0 amide bonds. The highest BCUT2D eigenvalue weighted by atomic mass is 16.5. The molecule has 0 spiro atoms. The van der Waals surface area contributed by atoms with Crippen molar-refractivity contribution in [3.63, 3.8) is 0 Å². The van der Waals surface area contributed by atoms with E-state index >= 15 is 0 Å². The van der Waals surface area contributed by atoms with Crippen LogP contribution >= 0.6 is 0 Å². The summed E-state index contributed by atoms with van der Waals surface area (Å²) in [6.07, 6.45) is 0.882. The average Bonchev–Trinajstić information content (AvgIpc) is 2.71. The van der Waals surface area contributed by atoms with E-state index < -0.39 is 0 Å². The minimum atomic E-state index is -0.369. The van der Waals surface area contributed by atoms with Crippen LogP contribution in [0.3, 0.4) is 0 Å². The second-order valence-corrected chi connectivity index (χ2v) is 5.88. The Bertz CT molecular complexity index is 913. The van der Waals surface area contributed by atoms with Gasteiger partial charge in [-0.15, -0.1) is 0 Å². The summed E-state index contributed by atoms with van der Waals surface area (Å²) in [6.45, 7) is 1.44. The van der Waals surface area contributed by atoms with Gasteiger partial charge in [0.15, 0.2) is 0 Å². The highest BCUT2D eigenvalue weighted by molar-refractivity contribution is 5.91. The first-order chi connectivity index (χ1) is 13.2. The number of para-hydroxylation sites is 1.